The van der Waals surface area contributed by atoms with Crippen LogP contribution < -0.4 is 15.2 Å². The number of carbonyl (C=O) groups is 1. The highest BCUT2D eigenvalue weighted by Crippen LogP contribution is 2.28. The number of nitrogens with two attached hydrogens (primary N) is 1. The fourth-order valence-electron chi connectivity index (χ4n) is 3.71. The Morgan fingerprint density at radius 1 is 1.20 bits per heavy atom. The third-order valence-corrected chi connectivity index (χ3v) is 5.93. The van der Waals surface area contributed by atoms with Crippen LogP contribution in [0.5, 0.6) is 11.5 Å². The van der Waals surface area contributed by atoms with Crippen molar-refractivity contribution in [3.05, 3.63) is 47.9 Å². The molecule has 1 aromatic carbocycles. The van der Waals surface area contributed by atoms with Gasteiger partial charge < -0.3 is 25.0 Å². The summed E-state index contributed by atoms with van der Waals surface area (Å²) in [6, 6.07) is 5.39. The van der Waals surface area contributed by atoms with E-state index in [4.69, 9.17) is 20.3 Å². The van der Waals surface area contributed by atoms with Gasteiger partial charge in [0.1, 0.15) is 29.3 Å². The molecule has 1 saturated heterocycles. The van der Waals surface area contributed by atoms with E-state index < -0.39 is 0 Å². The number of anilines is 1. The van der Waals surface area contributed by atoms with Crippen LogP contribution in [0.4, 0.5) is 5.82 Å². The zero-order valence-corrected chi connectivity index (χ0v) is 20.4. The second-order valence-corrected chi connectivity index (χ2v) is 8.26. The van der Waals surface area contributed by atoms with Gasteiger partial charge in [-0.15, -0.1) is 0 Å². The maximum absolute atomic E-state index is 12.5. The molecule has 0 bridgehead atoms. The van der Waals surface area contributed by atoms with E-state index in [2.05, 4.69) is 33.6 Å². The Labute approximate surface area is 204 Å². The number of hydrogen-bond acceptors (Lipinski definition) is 8. The molecule has 2 aromatic heterocycles. The highest BCUT2D eigenvalue weighted by molar-refractivity contribution is 5.91. The highest BCUT2D eigenvalue weighted by Gasteiger charge is 2.33. The molecule has 10 nitrogen and oxygen atoms in total. The Bertz CT molecular complexity index is 1290. The van der Waals surface area contributed by atoms with Crippen LogP contribution in [-0.2, 0) is 4.79 Å². The molecule has 0 radical (unpaired) electrons. The monoisotopic (exact) mass is 475 g/mol. The van der Waals surface area contributed by atoms with E-state index in [1.54, 1.807) is 35.9 Å². The Hall–Kier alpha value is -4.10. The van der Waals surface area contributed by atoms with Gasteiger partial charge in [0, 0.05) is 37.3 Å². The first-order valence-electron chi connectivity index (χ1n) is 11.3. The third-order valence-electron chi connectivity index (χ3n) is 5.93. The lowest BCUT2D eigenvalue weighted by atomic mass is 10.1. The van der Waals surface area contributed by atoms with E-state index in [9.17, 15) is 4.79 Å². The van der Waals surface area contributed by atoms with Crippen LogP contribution in [0, 0.1) is 11.8 Å². The number of fused-ring (bicyclic) bond motifs is 1. The van der Waals surface area contributed by atoms with E-state index in [-0.39, 0.29) is 11.9 Å². The summed E-state index contributed by atoms with van der Waals surface area (Å²) in [5.41, 5.74) is 7.95. The van der Waals surface area contributed by atoms with Gasteiger partial charge in [0.15, 0.2) is 5.65 Å². The van der Waals surface area contributed by atoms with E-state index in [1.165, 1.54) is 6.33 Å². The van der Waals surface area contributed by atoms with Gasteiger partial charge in [-0.2, -0.15) is 5.10 Å². The molecule has 1 fully saturated rings. The fourth-order valence-corrected chi connectivity index (χ4v) is 3.71. The molecule has 182 valence electrons. The normalized spacial score (nSPS) is 13.7. The van der Waals surface area contributed by atoms with Gasteiger partial charge in [-0.3, -0.25) is 4.79 Å². The zero-order chi connectivity index (χ0) is 24.9. The predicted octanol–water partition coefficient (Wildman–Crippen LogP) is 1.72. The van der Waals surface area contributed by atoms with Crippen molar-refractivity contribution in [2.75, 3.05) is 53.2 Å². The standard InChI is InChI=1S/C25H29N7O3/c1-5-30(2)10-6-7-22(33)31-14-18(15-31)32-25-23(24(26)27-16-28-25)21(29-32)9-8-17-11-19(34-3)13-20(12-17)35-4/h6-7,11-13,16,18H,5,10,14-15H2,1-4H3,(H2,26,27,28)/b7-6+. The van der Waals surface area contributed by atoms with Crippen molar-refractivity contribution in [3.63, 3.8) is 0 Å². The van der Waals surface area contributed by atoms with Crippen LogP contribution in [0.15, 0.2) is 36.7 Å². The molecule has 35 heavy (non-hydrogen) atoms. The molecule has 10 heteroatoms. The quantitative estimate of drug-likeness (QED) is 0.406. The third kappa shape index (κ3) is 5.20. The van der Waals surface area contributed by atoms with Crippen LogP contribution in [0.25, 0.3) is 11.0 Å². The number of ether oxygens (including phenoxy) is 2. The molecular formula is C25H29N7O3. The van der Waals surface area contributed by atoms with Crippen molar-refractivity contribution in [3.8, 4) is 23.3 Å². The number of aromatic nitrogens is 4. The molecule has 2 N–H and O–H groups in total. The summed E-state index contributed by atoms with van der Waals surface area (Å²) in [6.07, 6.45) is 4.93. The molecule has 0 saturated carbocycles. The summed E-state index contributed by atoms with van der Waals surface area (Å²) in [5, 5.41) is 5.30. The maximum Gasteiger partial charge on any atom is 0.246 e. The first kappa shape index (κ1) is 24.0. The van der Waals surface area contributed by atoms with Crippen LogP contribution in [-0.4, -0.2) is 82.9 Å². The second kappa shape index (κ2) is 10.4. The minimum absolute atomic E-state index is 0.0108. The smallest absolute Gasteiger partial charge is 0.246 e. The van der Waals surface area contributed by atoms with Gasteiger partial charge in [0.2, 0.25) is 5.91 Å². The molecular weight excluding hydrogens is 446 g/mol. The van der Waals surface area contributed by atoms with Crippen LogP contribution in [0.3, 0.4) is 0 Å². The lowest BCUT2D eigenvalue weighted by Crippen LogP contribution is -2.50. The second-order valence-electron chi connectivity index (χ2n) is 8.26. The van der Waals surface area contributed by atoms with Crippen LogP contribution >= 0.6 is 0 Å². The molecule has 3 heterocycles. The molecule has 0 aliphatic carbocycles. The number of amides is 1. The molecule has 1 aliphatic heterocycles. The number of rotatable bonds is 7. The molecule has 4 rings (SSSR count). The first-order chi connectivity index (χ1) is 16.9. The summed E-state index contributed by atoms with van der Waals surface area (Å²) in [4.78, 5) is 24.9. The number of benzene rings is 1. The van der Waals surface area contributed by atoms with Gasteiger partial charge >= 0.3 is 0 Å². The minimum Gasteiger partial charge on any atom is -0.497 e. The number of likely N-dealkylation sites (N-methyl/N-ethyl adjacent to an activating group) is 1. The zero-order valence-electron chi connectivity index (χ0n) is 20.4. The van der Waals surface area contributed by atoms with Crippen molar-refractivity contribution in [1.82, 2.24) is 29.5 Å². The summed E-state index contributed by atoms with van der Waals surface area (Å²) in [7, 11) is 5.19. The highest BCUT2D eigenvalue weighted by atomic mass is 16.5. The van der Waals surface area contributed by atoms with Crippen molar-refractivity contribution in [1.29, 1.82) is 0 Å². The number of hydrogen-bond donors (Lipinski definition) is 1. The lowest BCUT2D eigenvalue weighted by molar-refractivity contribution is -0.131. The lowest BCUT2D eigenvalue weighted by Gasteiger charge is -2.38. The predicted molar refractivity (Wildman–Crippen MR) is 133 cm³/mol. The Morgan fingerprint density at radius 2 is 1.91 bits per heavy atom. The maximum atomic E-state index is 12.5. The van der Waals surface area contributed by atoms with Gasteiger partial charge in [-0.1, -0.05) is 18.9 Å². The minimum atomic E-state index is -0.0186. The SMILES string of the molecule is CCN(C)C/C=C/C(=O)N1CC(n2nc(C#Cc3cc(OC)cc(OC)c3)c3c(N)ncnc32)C1. The van der Waals surface area contributed by atoms with Crippen LogP contribution in [0.2, 0.25) is 0 Å². The number of nitrogen functional groups attached to an aromatic ring is 1. The molecule has 3 aromatic rings. The number of carbonyl (C=O) groups excluding carboxylic acids is 1. The van der Waals surface area contributed by atoms with Gasteiger partial charge in [0.05, 0.1) is 25.6 Å². The largest absolute Gasteiger partial charge is 0.497 e. The van der Waals surface area contributed by atoms with Gasteiger partial charge in [-0.05, 0) is 31.6 Å². The van der Waals surface area contributed by atoms with Crippen molar-refractivity contribution < 1.29 is 14.3 Å². The van der Waals surface area contributed by atoms with Gasteiger partial charge in [0.25, 0.3) is 0 Å². The number of likely N-dealkylation sites (tertiary alicyclic amines) is 1. The van der Waals surface area contributed by atoms with E-state index >= 15 is 0 Å². The first-order valence-corrected chi connectivity index (χ1v) is 11.3. The average molecular weight is 476 g/mol. The van der Waals surface area contributed by atoms with Crippen LogP contribution in [0.1, 0.15) is 24.2 Å². The summed E-state index contributed by atoms with van der Waals surface area (Å²) >= 11 is 0. The topological polar surface area (TPSA) is 112 Å². The van der Waals surface area contributed by atoms with Gasteiger partial charge in [-0.25, -0.2) is 14.6 Å². The van der Waals surface area contributed by atoms with Crippen molar-refractivity contribution in [2.45, 2.75) is 13.0 Å². The van der Waals surface area contributed by atoms with E-state index in [1.807, 2.05) is 25.3 Å². The Morgan fingerprint density at radius 3 is 2.57 bits per heavy atom. The fraction of sp³-hybridized carbons (Fsp3) is 0.360. The summed E-state index contributed by atoms with van der Waals surface area (Å²) in [5.74, 6) is 7.79. The molecule has 0 unspecified atom stereocenters. The summed E-state index contributed by atoms with van der Waals surface area (Å²) < 4.78 is 12.4. The average Bonchev–Trinajstić information content (AvgIpc) is 3.20. The number of nitrogens with zero attached hydrogens (tertiary/aromatic N) is 6. The molecule has 0 atom stereocenters. The molecule has 0 spiro atoms. The Balaban J connectivity index is 1.57. The number of methoxy groups -OCH3 is 2. The summed E-state index contributed by atoms with van der Waals surface area (Å²) in [6.45, 7) is 4.81. The molecule has 1 amide bonds. The van der Waals surface area contributed by atoms with E-state index in [0.29, 0.717) is 52.7 Å². The van der Waals surface area contributed by atoms with E-state index in [0.717, 1.165) is 13.1 Å². The van der Waals surface area contributed by atoms with Crippen molar-refractivity contribution >= 4 is 22.8 Å². The molecule has 1 aliphatic rings. The Kier molecular flexibility index (Phi) is 7.17. The van der Waals surface area contributed by atoms with Crippen molar-refractivity contribution in [2.24, 2.45) is 0 Å².